The van der Waals surface area contributed by atoms with E-state index in [0.29, 0.717) is 0 Å². The van der Waals surface area contributed by atoms with Crippen molar-refractivity contribution >= 4 is 93.8 Å². The Morgan fingerprint density at radius 2 is 0.815 bits per heavy atom. The fraction of sp³-hybridized carbons (Fsp3) is 0. The molecule has 0 atom stereocenters. The van der Waals surface area contributed by atoms with Crippen LogP contribution < -0.4 is 4.90 Å². The Labute approximate surface area is 317 Å². The van der Waals surface area contributed by atoms with Gasteiger partial charge in [-0.1, -0.05) is 121 Å². The van der Waals surface area contributed by atoms with Crippen molar-refractivity contribution in [3.63, 3.8) is 0 Å². The predicted molar refractivity (Wildman–Crippen MR) is 230 cm³/mol. The van der Waals surface area contributed by atoms with Gasteiger partial charge in [0.1, 0.15) is 0 Å². The summed E-state index contributed by atoms with van der Waals surface area (Å²) in [6.07, 6.45) is 0. The molecule has 0 unspecified atom stereocenters. The van der Waals surface area contributed by atoms with Crippen LogP contribution in [-0.4, -0.2) is 9.13 Å². The minimum atomic E-state index is 0.726. The molecule has 0 radical (unpaired) electrons. The number of hydrogen-bond donors (Lipinski definition) is 0. The van der Waals surface area contributed by atoms with E-state index in [1.807, 2.05) is 6.07 Å². The fourth-order valence-electron chi connectivity index (χ4n) is 8.59. The third-order valence-corrected chi connectivity index (χ3v) is 11.1. The number of para-hydroxylation sites is 3. The quantitative estimate of drug-likeness (QED) is 0.173. The maximum absolute atomic E-state index is 6.65. The maximum atomic E-state index is 6.65. The summed E-state index contributed by atoms with van der Waals surface area (Å²) < 4.78 is 4.76. The van der Waals surface area contributed by atoms with Crippen LogP contribution in [0.1, 0.15) is 0 Å². The second-order valence-corrected chi connectivity index (χ2v) is 14.4. The van der Waals surface area contributed by atoms with Crippen LogP contribution in [0.25, 0.3) is 76.5 Å². The number of benzene rings is 9. The van der Waals surface area contributed by atoms with Crippen LogP contribution in [0, 0.1) is 0 Å². The monoisotopic (exact) mass is 709 g/mol. The summed E-state index contributed by atoms with van der Waals surface area (Å²) in [5.74, 6) is 0. The number of fused-ring (bicyclic) bond motifs is 10. The van der Waals surface area contributed by atoms with Gasteiger partial charge in [0.25, 0.3) is 0 Å². The molecule has 9 aromatic carbocycles. The highest BCUT2D eigenvalue weighted by molar-refractivity contribution is 6.33. The standard InChI is InChI=1S/C50H32ClN3/c51-35-21-24-43-47(31-35)53(37-16-6-2-7-17-37)45-28-26-42-41(49(43)45)27-29-46-50(42)44-25-23-40(32-48(44)54(46)38-18-8-3-9-19-38)52(36-14-4-1-5-15-36)39-22-20-33-12-10-11-13-34(33)30-39/h1-32H. The molecule has 54 heavy (non-hydrogen) atoms. The maximum Gasteiger partial charge on any atom is 0.0562 e. The third-order valence-electron chi connectivity index (χ3n) is 10.9. The summed E-state index contributed by atoms with van der Waals surface area (Å²) in [5, 5.41) is 10.5. The average molecular weight is 710 g/mol. The number of nitrogens with zero attached hydrogens (tertiary/aromatic N) is 3. The Balaban J connectivity index is 1.22. The Kier molecular flexibility index (Phi) is 6.91. The molecule has 11 aromatic rings. The van der Waals surface area contributed by atoms with Crippen LogP contribution in [-0.2, 0) is 0 Å². The van der Waals surface area contributed by atoms with Crippen molar-refractivity contribution in [2.45, 2.75) is 0 Å². The van der Waals surface area contributed by atoms with Gasteiger partial charge in [0.15, 0.2) is 0 Å². The van der Waals surface area contributed by atoms with Crippen molar-refractivity contribution in [1.29, 1.82) is 0 Å². The van der Waals surface area contributed by atoms with Crippen LogP contribution in [0.2, 0.25) is 5.02 Å². The molecule has 0 bridgehead atoms. The summed E-state index contributed by atoms with van der Waals surface area (Å²) >= 11 is 6.65. The van der Waals surface area contributed by atoms with Gasteiger partial charge in [0.05, 0.1) is 22.1 Å². The van der Waals surface area contributed by atoms with Gasteiger partial charge in [-0.15, -0.1) is 0 Å². The van der Waals surface area contributed by atoms with Gasteiger partial charge in [-0.05, 0) is 106 Å². The van der Waals surface area contributed by atoms with Gasteiger partial charge in [0, 0.05) is 55.0 Å². The van der Waals surface area contributed by atoms with Gasteiger partial charge < -0.3 is 14.0 Å². The van der Waals surface area contributed by atoms with Gasteiger partial charge in [-0.25, -0.2) is 0 Å². The van der Waals surface area contributed by atoms with E-state index in [2.05, 4.69) is 202 Å². The number of hydrogen-bond acceptors (Lipinski definition) is 1. The highest BCUT2D eigenvalue weighted by Crippen LogP contribution is 2.45. The summed E-state index contributed by atoms with van der Waals surface area (Å²) in [6.45, 7) is 0. The number of anilines is 3. The normalized spacial score (nSPS) is 11.8. The first kappa shape index (κ1) is 30.8. The molecule has 0 aliphatic carbocycles. The fourth-order valence-corrected chi connectivity index (χ4v) is 8.75. The van der Waals surface area contributed by atoms with Crippen molar-refractivity contribution < 1.29 is 0 Å². The third kappa shape index (κ3) is 4.69. The average Bonchev–Trinajstić information content (AvgIpc) is 3.74. The highest BCUT2D eigenvalue weighted by atomic mass is 35.5. The molecular formula is C50H32ClN3. The second kappa shape index (κ2) is 12.1. The van der Waals surface area contributed by atoms with Gasteiger partial charge >= 0.3 is 0 Å². The van der Waals surface area contributed by atoms with E-state index in [-0.39, 0.29) is 0 Å². The molecule has 0 fully saturated rings. The van der Waals surface area contributed by atoms with Crippen molar-refractivity contribution in [1.82, 2.24) is 9.13 Å². The summed E-state index contributed by atoms with van der Waals surface area (Å²) in [7, 11) is 0. The van der Waals surface area contributed by atoms with Gasteiger partial charge in [0.2, 0.25) is 0 Å². The lowest BCUT2D eigenvalue weighted by Gasteiger charge is -2.26. The molecule has 2 heterocycles. The Hall–Kier alpha value is -6.81. The molecular weight excluding hydrogens is 678 g/mol. The minimum Gasteiger partial charge on any atom is -0.310 e. The SMILES string of the molecule is Clc1ccc2c3c4ccc5c(c4ccc3n(-c3ccccc3)c2c1)c1ccc(N(c2ccccc2)c2ccc3ccccc3c2)cc1n5-c1ccccc1. The lowest BCUT2D eigenvalue weighted by Crippen LogP contribution is -2.10. The molecule has 0 spiro atoms. The van der Waals surface area contributed by atoms with Crippen LogP contribution in [0.3, 0.4) is 0 Å². The van der Waals surface area contributed by atoms with E-state index >= 15 is 0 Å². The van der Waals surface area contributed by atoms with Crippen molar-refractivity contribution in [2.24, 2.45) is 0 Å². The molecule has 4 heteroatoms. The summed E-state index contributed by atoms with van der Waals surface area (Å²) in [4.78, 5) is 2.37. The first-order valence-electron chi connectivity index (χ1n) is 18.3. The molecule has 254 valence electrons. The van der Waals surface area contributed by atoms with Gasteiger partial charge in [-0.3, -0.25) is 0 Å². The van der Waals surface area contributed by atoms with Crippen molar-refractivity contribution in [2.75, 3.05) is 4.90 Å². The molecule has 2 aromatic heterocycles. The van der Waals surface area contributed by atoms with E-state index in [0.717, 1.165) is 50.0 Å². The lowest BCUT2D eigenvalue weighted by atomic mass is 9.99. The number of rotatable bonds is 5. The van der Waals surface area contributed by atoms with E-state index in [4.69, 9.17) is 11.6 Å². The van der Waals surface area contributed by atoms with Crippen molar-refractivity contribution in [3.8, 4) is 11.4 Å². The Morgan fingerprint density at radius 1 is 0.333 bits per heavy atom. The largest absolute Gasteiger partial charge is 0.310 e. The molecule has 11 rings (SSSR count). The first-order chi connectivity index (χ1) is 26.7. The zero-order valence-electron chi connectivity index (χ0n) is 29.2. The molecule has 0 saturated heterocycles. The van der Waals surface area contributed by atoms with E-state index < -0.39 is 0 Å². The van der Waals surface area contributed by atoms with Gasteiger partial charge in [-0.2, -0.15) is 0 Å². The predicted octanol–water partition coefficient (Wildman–Crippen LogP) is 14.3. The van der Waals surface area contributed by atoms with Crippen LogP contribution in [0.4, 0.5) is 17.1 Å². The van der Waals surface area contributed by atoms with Crippen molar-refractivity contribution in [3.05, 3.63) is 199 Å². The smallest absolute Gasteiger partial charge is 0.0562 e. The van der Waals surface area contributed by atoms with Crippen LogP contribution in [0.5, 0.6) is 0 Å². The minimum absolute atomic E-state index is 0.726. The van der Waals surface area contributed by atoms with E-state index in [1.165, 1.54) is 48.6 Å². The highest BCUT2D eigenvalue weighted by Gasteiger charge is 2.21. The zero-order chi connectivity index (χ0) is 35.8. The van der Waals surface area contributed by atoms with E-state index in [1.54, 1.807) is 0 Å². The van der Waals surface area contributed by atoms with Crippen LogP contribution in [0.15, 0.2) is 194 Å². The lowest BCUT2D eigenvalue weighted by molar-refractivity contribution is 1.18. The molecule has 0 N–H and O–H groups in total. The Bertz CT molecular complexity index is 3220. The molecule has 0 saturated carbocycles. The molecule has 0 amide bonds. The van der Waals surface area contributed by atoms with Crippen LogP contribution >= 0.6 is 11.6 Å². The first-order valence-corrected chi connectivity index (χ1v) is 18.7. The summed E-state index contributed by atoms with van der Waals surface area (Å²) in [5.41, 5.74) is 10.1. The second-order valence-electron chi connectivity index (χ2n) is 13.9. The molecule has 3 nitrogen and oxygen atoms in total. The Morgan fingerprint density at radius 3 is 1.44 bits per heavy atom. The zero-order valence-corrected chi connectivity index (χ0v) is 30.0. The molecule has 0 aliphatic heterocycles. The molecule has 0 aliphatic rings. The number of aromatic nitrogens is 2. The van der Waals surface area contributed by atoms with E-state index in [9.17, 15) is 0 Å². The summed E-state index contributed by atoms with van der Waals surface area (Å²) in [6, 6.07) is 69.7. The number of halogens is 1. The topological polar surface area (TPSA) is 13.1 Å².